The summed E-state index contributed by atoms with van der Waals surface area (Å²) in [6, 6.07) is 0. The molecule has 0 saturated carbocycles. The van der Waals surface area contributed by atoms with Gasteiger partial charge in [-0.05, 0) is 19.4 Å². The van der Waals surface area contributed by atoms with Crippen LogP contribution in [0.1, 0.15) is 64.2 Å². The molecule has 2 amide bonds. The molecule has 1 aliphatic rings. The molecular weight excluding hydrogens is 300 g/mol. The Morgan fingerprint density at radius 2 is 1.08 bits per heavy atom. The number of imide groups is 1. The van der Waals surface area contributed by atoms with Crippen molar-refractivity contribution >= 4 is 11.8 Å². The minimum absolute atomic E-state index is 0.234. The Morgan fingerprint density at radius 1 is 0.708 bits per heavy atom. The molecule has 0 aromatic carbocycles. The summed E-state index contributed by atoms with van der Waals surface area (Å²) in [6.07, 6.45) is 14.8. The number of unbranched alkanes of at least 4 members (excludes halogenated alkanes) is 9. The molecule has 0 radical (unpaired) electrons. The summed E-state index contributed by atoms with van der Waals surface area (Å²) in [6.45, 7) is 8.52. The van der Waals surface area contributed by atoms with E-state index in [0.29, 0.717) is 17.7 Å². The highest BCUT2D eigenvalue weighted by molar-refractivity contribution is 6.21. The Kier molecular flexibility index (Phi) is 10.0. The normalized spacial score (nSPS) is 14.6. The van der Waals surface area contributed by atoms with E-state index in [9.17, 15) is 9.59 Å². The van der Waals surface area contributed by atoms with E-state index < -0.39 is 0 Å². The summed E-state index contributed by atoms with van der Waals surface area (Å²) in [4.78, 5) is 25.6. The molecule has 24 heavy (non-hydrogen) atoms. The zero-order valence-corrected chi connectivity index (χ0v) is 14.9. The van der Waals surface area contributed by atoms with Gasteiger partial charge in [0.05, 0.1) is 11.1 Å². The van der Waals surface area contributed by atoms with E-state index in [-0.39, 0.29) is 11.8 Å². The molecular formula is C20H32N2O2. The molecule has 0 atom stereocenters. The van der Waals surface area contributed by atoms with Crippen molar-refractivity contribution in [1.29, 1.82) is 0 Å². The molecule has 0 unspecified atom stereocenters. The van der Waals surface area contributed by atoms with Gasteiger partial charge in [-0.2, -0.15) is 0 Å². The van der Waals surface area contributed by atoms with Crippen molar-refractivity contribution in [3.8, 4) is 0 Å². The topological polar surface area (TPSA) is 63.4 Å². The quantitative estimate of drug-likeness (QED) is 0.388. The van der Waals surface area contributed by atoms with Gasteiger partial charge in [-0.25, -0.2) is 0 Å². The third-order valence-corrected chi connectivity index (χ3v) is 4.49. The first-order valence-electron chi connectivity index (χ1n) is 9.22. The van der Waals surface area contributed by atoms with Gasteiger partial charge in [0.15, 0.2) is 0 Å². The van der Waals surface area contributed by atoms with Crippen LogP contribution in [-0.4, -0.2) is 29.8 Å². The van der Waals surface area contributed by atoms with E-state index in [4.69, 9.17) is 5.73 Å². The third kappa shape index (κ3) is 6.08. The molecule has 0 aromatic rings. The predicted molar refractivity (Wildman–Crippen MR) is 99.4 cm³/mol. The molecule has 0 aliphatic carbocycles. The van der Waals surface area contributed by atoms with Crippen LogP contribution in [-0.2, 0) is 9.59 Å². The van der Waals surface area contributed by atoms with Crippen molar-refractivity contribution in [1.82, 2.24) is 4.90 Å². The first-order valence-corrected chi connectivity index (χ1v) is 9.22. The summed E-state index contributed by atoms with van der Waals surface area (Å²) in [5, 5.41) is 0. The van der Waals surface area contributed by atoms with Gasteiger partial charge >= 0.3 is 0 Å². The van der Waals surface area contributed by atoms with Crippen molar-refractivity contribution in [2.75, 3.05) is 13.1 Å². The lowest BCUT2D eigenvalue weighted by Gasteiger charge is -2.14. The monoisotopic (exact) mass is 332 g/mol. The van der Waals surface area contributed by atoms with Crippen LogP contribution in [0.2, 0.25) is 0 Å². The number of amides is 2. The molecule has 1 aliphatic heterocycles. The Hall–Kier alpha value is -1.68. The van der Waals surface area contributed by atoms with Gasteiger partial charge in [0.2, 0.25) is 0 Å². The van der Waals surface area contributed by atoms with Crippen LogP contribution in [0, 0.1) is 0 Å². The van der Waals surface area contributed by atoms with Crippen molar-refractivity contribution < 1.29 is 9.59 Å². The number of carbonyl (C=O) groups excluding carboxylic acids is 2. The molecule has 1 heterocycles. The van der Waals surface area contributed by atoms with Crippen molar-refractivity contribution in [3.05, 3.63) is 36.5 Å². The lowest BCUT2D eigenvalue weighted by molar-refractivity contribution is -0.137. The first kappa shape index (κ1) is 20.4. The van der Waals surface area contributed by atoms with E-state index in [2.05, 4.69) is 13.2 Å². The Bertz CT molecular complexity index is 450. The second-order valence-corrected chi connectivity index (χ2v) is 6.32. The molecule has 0 spiro atoms. The lowest BCUT2D eigenvalue weighted by atomic mass is 10.1. The first-order chi connectivity index (χ1) is 11.7. The molecule has 2 N–H and O–H groups in total. The second kappa shape index (κ2) is 11.8. The second-order valence-electron chi connectivity index (χ2n) is 6.32. The van der Waals surface area contributed by atoms with Crippen LogP contribution in [0.15, 0.2) is 36.5 Å². The van der Waals surface area contributed by atoms with Crippen molar-refractivity contribution in [3.63, 3.8) is 0 Å². The SMILES string of the molecule is C=CC1=C(C=C)C(=O)N(CCCCCCCCCCCCN)C1=O. The van der Waals surface area contributed by atoms with Crippen LogP contribution < -0.4 is 5.73 Å². The molecule has 134 valence electrons. The average Bonchev–Trinajstić information content (AvgIpc) is 2.82. The van der Waals surface area contributed by atoms with Gasteiger partial charge in [-0.3, -0.25) is 14.5 Å². The average molecular weight is 332 g/mol. The highest BCUT2D eigenvalue weighted by atomic mass is 16.2. The zero-order chi connectivity index (χ0) is 17.8. The van der Waals surface area contributed by atoms with Crippen LogP contribution in [0.5, 0.6) is 0 Å². The maximum atomic E-state index is 12.1. The van der Waals surface area contributed by atoms with Gasteiger partial charge in [0, 0.05) is 6.54 Å². The summed E-state index contributed by atoms with van der Waals surface area (Å²) in [5.41, 5.74) is 6.23. The van der Waals surface area contributed by atoms with Crippen molar-refractivity contribution in [2.45, 2.75) is 64.2 Å². The molecule has 0 bridgehead atoms. The zero-order valence-electron chi connectivity index (χ0n) is 14.9. The number of nitrogens with two attached hydrogens (primary N) is 1. The minimum Gasteiger partial charge on any atom is -0.330 e. The Labute approximate surface area is 146 Å². The maximum absolute atomic E-state index is 12.1. The Morgan fingerprint density at radius 3 is 1.46 bits per heavy atom. The van der Waals surface area contributed by atoms with Gasteiger partial charge in [0.25, 0.3) is 11.8 Å². The molecule has 4 heteroatoms. The van der Waals surface area contributed by atoms with Crippen LogP contribution in [0.3, 0.4) is 0 Å². The standard InChI is InChI=1S/C20H32N2O2/c1-3-17-18(4-2)20(24)22(19(17)23)16-14-12-10-8-6-5-7-9-11-13-15-21/h3-4H,1-2,5-16,21H2. The van der Waals surface area contributed by atoms with Gasteiger partial charge in [-0.1, -0.05) is 76.7 Å². The number of hydrogen-bond acceptors (Lipinski definition) is 3. The smallest absolute Gasteiger partial charge is 0.261 e. The fraction of sp³-hybridized carbons (Fsp3) is 0.600. The Balaban J connectivity index is 2.10. The highest BCUT2D eigenvalue weighted by Gasteiger charge is 2.34. The molecule has 4 nitrogen and oxygen atoms in total. The molecule has 0 aromatic heterocycles. The summed E-state index contributed by atoms with van der Waals surface area (Å²) in [7, 11) is 0. The van der Waals surface area contributed by atoms with Crippen LogP contribution >= 0.6 is 0 Å². The predicted octanol–water partition coefficient (Wildman–Crippen LogP) is 3.88. The van der Waals surface area contributed by atoms with E-state index in [1.807, 2.05) is 0 Å². The van der Waals surface area contributed by atoms with Crippen molar-refractivity contribution in [2.24, 2.45) is 5.73 Å². The van der Waals surface area contributed by atoms with E-state index in [0.717, 1.165) is 32.2 Å². The molecule has 0 saturated heterocycles. The number of carbonyl (C=O) groups is 2. The van der Waals surface area contributed by atoms with Crippen LogP contribution in [0.4, 0.5) is 0 Å². The maximum Gasteiger partial charge on any atom is 0.261 e. The van der Waals surface area contributed by atoms with Gasteiger partial charge in [0.1, 0.15) is 0 Å². The largest absolute Gasteiger partial charge is 0.330 e. The lowest BCUT2D eigenvalue weighted by Crippen LogP contribution is -2.32. The summed E-state index contributed by atoms with van der Waals surface area (Å²) < 4.78 is 0. The van der Waals surface area contributed by atoms with Gasteiger partial charge < -0.3 is 5.73 Å². The minimum atomic E-state index is -0.234. The fourth-order valence-electron chi connectivity index (χ4n) is 3.04. The van der Waals surface area contributed by atoms with E-state index in [1.165, 1.54) is 55.6 Å². The summed E-state index contributed by atoms with van der Waals surface area (Å²) >= 11 is 0. The fourth-order valence-corrected chi connectivity index (χ4v) is 3.04. The summed E-state index contributed by atoms with van der Waals surface area (Å²) in [5.74, 6) is -0.468. The number of hydrogen-bond donors (Lipinski definition) is 1. The highest BCUT2D eigenvalue weighted by Crippen LogP contribution is 2.23. The number of rotatable bonds is 14. The van der Waals surface area contributed by atoms with Gasteiger partial charge in [-0.15, -0.1) is 0 Å². The van der Waals surface area contributed by atoms with E-state index >= 15 is 0 Å². The third-order valence-electron chi connectivity index (χ3n) is 4.49. The number of nitrogens with zero attached hydrogens (tertiary/aromatic N) is 1. The molecule has 0 fully saturated rings. The van der Waals surface area contributed by atoms with E-state index in [1.54, 1.807) is 0 Å². The van der Waals surface area contributed by atoms with Crippen LogP contribution in [0.25, 0.3) is 0 Å². The molecule has 1 rings (SSSR count).